The summed E-state index contributed by atoms with van der Waals surface area (Å²) in [7, 11) is 1.41. The van der Waals surface area contributed by atoms with Crippen molar-refractivity contribution >= 4 is 23.2 Å². The molecule has 0 saturated heterocycles. The third-order valence-corrected chi connectivity index (χ3v) is 4.74. The zero-order valence-corrected chi connectivity index (χ0v) is 16.2. The maximum Gasteiger partial charge on any atom is 0.335 e. The number of hydrazine groups is 1. The van der Waals surface area contributed by atoms with Crippen LogP contribution in [0, 0.1) is 11.3 Å². The van der Waals surface area contributed by atoms with Gasteiger partial charge in [-0.15, -0.1) is 5.10 Å². The molecule has 3 aromatic rings. The molecule has 148 valence electrons. The molecule has 4 N–H and O–H groups in total. The van der Waals surface area contributed by atoms with Crippen LogP contribution in [-0.2, 0) is 0 Å². The van der Waals surface area contributed by atoms with Crippen molar-refractivity contribution in [1.82, 2.24) is 30.5 Å². The fourth-order valence-corrected chi connectivity index (χ4v) is 3.20. The van der Waals surface area contributed by atoms with E-state index in [9.17, 15) is 9.59 Å². The van der Waals surface area contributed by atoms with Crippen LogP contribution in [0.1, 0.15) is 44.4 Å². The Labute approximate surface area is 169 Å². The van der Waals surface area contributed by atoms with E-state index in [1.807, 2.05) is 11.5 Å². The number of amides is 2. The van der Waals surface area contributed by atoms with Crippen molar-refractivity contribution in [2.24, 2.45) is 5.84 Å². The first kappa shape index (κ1) is 19.9. The SMILES string of the molecule is COc1nc(C(C)NC(=O)c2ccccc2C(=O)NN)n(-c2ncc(C#N)s2)n1. The molecule has 1 atom stereocenters. The van der Waals surface area contributed by atoms with Gasteiger partial charge in [0.05, 0.1) is 30.5 Å². The van der Waals surface area contributed by atoms with Gasteiger partial charge in [-0.1, -0.05) is 23.5 Å². The summed E-state index contributed by atoms with van der Waals surface area (Å²) in [6, 6.07) is 7.73. The van der Waals surface area contributed by atoms with Gasteiger partial charge in [0.2, 0.25) is 5.13 Å². The molecule has 0 radical (unpaired) electrons. The molecule has 2 heterocycles. The molecule has 12 heteroatoms. The summed E-state index contributed by atoms with van der Waals surface area (Å²) in [5.41, 5.74) is 2.31. The summed E-state index contributed by atoms with van der Waals surface area (Å²) in [5, 5.41) is 16.4. The maximum absolute atomic E-state index is 12.8. The number of nitrogens with two attached hydrogens (primary N) is 1. The van der Waals surface area contributed by atoms with Crippen molar-refractivity contribution in [3.8, 4) is 17.2 Å². The Bertz CT molecular complexity index is 1100. The number of nitrogen functional groups attached to an aromatic ring is 1. The average molecular weight is 412 g/mol. The van der Waals surface area contributed by atoms with Gasteiger partial charge in [-0.25, -0.2) is 10.8 Å². The first-order valence-electron chi connectivity index (χ1n) is 8.26. The van der Waals surface area contributed by atoms with E-state index >= 15 is 0 Å². The number of methoxy groups -OCH3 is 1. The highest BCUT2D eigenvalue weighted by molar-refractivity contribution is 7.14. The third kappa shape index (κ3) is 4.05. The standard InChI is InChI=1S/C17H16N8O3S/c1-9(21-14(26)11-5-3-4-6-12(11)15(27)23-19)13-22-16(28-2)24-25(13)17-20-8-10(7-18)29-17/h3-6,8-9H,19H2,1-2H3,(H,21,26)(H,23,27). The number of hydrogen-bond donors (Lipinski definition) is 3. The Balaban J connectivity index is 1.91. The van der Waals surface area contributed by atoms with Gasteiger partial charge < -0.3 is 10.1 Å². The molecule has 0 fully saturated rings. The van der Waals surface area contributed by atoms with Crippen molar-refractivity contribution in [1.29, 1.82) is 5.26 Å². The van der Waals surface area contributed by atoms with E-state index < -0.39 is 17.9 Å². The van der Waals surface area contributed by atoms with Crippen LogP contribution in [0.2, 0.25) is 0 Å². The number of rotatable bonds is 6. The van der Waals surface area contributed by atoms with E-state index in [0.29, 0.717) is 15.8 Å². The third-order valence-electron chi connectivity index (χ3n) is 3.86. The minimum absolute atomic E-state index is 0.0812. The zero-order chi connectivity index (χ0) is 21.0. The van der Waals surface area contributed by atoms with Crippen LogP contribution in [0.25, 0.3) is 5.13 Å². The number of hydrogen-bond acceptors (Lipinski definition) is 9. The summed E-state index contributed by atoms with van der Waals surface area (Å²) in [6.45, 7) is 1.70. The van der Waals surface area contributed by atoms with E-state index in [2.05, 4.69) is 20.4 Å². The summed E-state index contributed by atoms with van der Waals surface area (Å²) < 4.78 is 6.48. The first-order chi connectivity index (χ1) is 14.0. The van der Waals surface area contributed by atoms with Gasteiger partial charge in [0.1, 0.15) is 10.9 Å². The van der Waals surface area contributed by atoms with Gasteiger partial charge in [0.15, 0.2) is 5.82 Å². The number of carbonyl (C=O) groups is 2. The number of ether oxygens (including phenoxy) is 1. The monoisotopic (exact) mass is 412 g/mol. The van der Waals surface area contributed by atoms with E-state index in [1.54, 1.807) is 19.1 Å². The molecular formula is C17H16N8O3S. The fourth-order valence-electron chi connectivity index (χ4n) is 2.52. The Hall–Kier alpha value is -3.82. The van der Waals surface area contributed by atoms with Crippen LogP contribution in [-0.4, -0.2) is 38.7 Å². The van der Waals surface area contributed by atoms with Gasteiger partial charge in [-0.2, -0.15) is 14.9 Å². The highest BCUT2D eigenvalue weighted by Gasteiger charge is 2.24. The summed E-state index contributed by atoms with van der Waals surface area (Å²) in [5.74, 6) is 4.45. The molecule has 0 spiro atoms. The maximum atomic E-state index is 12.8. The molecular weight excluding hydrogens is 396 g/mol. The lowest BCUT2D eigenvalue weighted by atomic mass is 10.1. The Morgan fingerprint density at radius 3 is 2.59 bits per heavy atom. The lowest BCUT2D eigenvalue weighted by molar-refractivity contribution is 0.0910. The number of benzene rings is 1. The quantitative estimate of drug-likeness (QED) is 0.303. The molecule has 0 aliphatic heterocycles. The van der Waals surface area contributed by atoms with E-state index in [1.165, 1.54) is 30.1 Å². The smallest absolute Gasteiger partial charge is 0.335 e. The molecule has 0 bridgehead atoms. The molecule has 0 saturated carbocycles. The molecule has 2 aromatic heterocycles. The van der Waals surface area contributed by atoms with Crippen molar-refractivity contribution in [2.75, 3.05) is 7.11 Å². The van der Waals surface area contributed by atoms with Crippen molar-refractivity contribution in [3.05, 3.63) is 52.3 Å². The molecule has 1 unspecified atom stereocenters. The first-order valence-corrected chi connectivity index (χ1v) is 9.08. The van der Waals surface area contributed by atoms with Gasteiger partial charge in [0.25, 0.3) is 11.8 Å². The van der Waals surface area contributed by atoms with Crippen LogP contribution < -0.4 is 21.3 Å². The predicted octanol–water partition coefficient (Wildman–Crippen LogP) is 0.699. The summed E-state index contributed by atoms with van der Waals surface area (Å²) in [6.07, 6.45) is 1.42. The Morgan fingerprint density at radius 2 is 2.00 bits per heavy atom. The molecule has 29 heavy (non-hydrogen) atoms. The Morgan fingerprint density at radius 1 is 1.31 bits per heavy atom. The highest BCUT2D eigenvalue weighted by Crippen LogP contribution is 2.23. The average Bonchev–Trinajstić information content (AvgIpc) is 3.39. The predicted molar refractivity (Wildman–Crippen MR) is 102 cm³/mol. The Kier molecular flexibility index (Phi) is 5.82. The van der Waals surface area contributed by atoms with Gasteiger partial charge >= 0.3 is 6.01 Å². The van der Waals surface area contributed by atoms with Crippen LogP contribution in [0.3, 0.4) is 0 Å². The molecule has 2 amide bonds. The normalized spacial score (nSPS) is 11.4. The number of nitriles is 1. The fraction of sp³-hybridized carbons (Fsp3) is 0.176. The molecule has 0 aliphatic carbocycles. The largest absolute Gasteiger partial charge is 0.466 e. The summed E-state index contributed by atoms with van der Waals surface area (Å²) >= 11 is 1.12. The summed E-state index contributed by atoms with van der Waals surface area (Å²) in [4.78, 5) is 33.5. The van der Waals surface area contributed by atoms with Gasteiger partial charge in [0, 0.05) is 0 Å². The van der Waals surface area contributed by atoms with Crippen LogP contribution in [0.4, 0.5) is 0 Å². The molecule has 3 rings (SSSR count). The lowest BCUT2D eigenvalue weighted by Crippen LogP contribution is -2.34. The van der Waals surface area contributed by atoms with Crippen LogP contribution >= 0.6 is 11.3 Å². The number of nitrogens with one attached hydrogen (secondary N) is 2. The van der Waals surface area contributed by atoms with Gasteiger partial charge in [-0.05, 0) is 19.1 Å². The minimum Gasteiger partial charge on any atom is -0.466 e. The van der Waals surface area contributed by atoms with Crippen molar-refractivity contribution in [3.63, 3.8) is 0 Å². The van der Waals surface area contributed by atoms with Crippen LogP contribution in [0.5, 0.6) is 6.01 Å². The molecule has 1 aromatic carbocycles. The number of carbonyl (C=O) groups excluding carboxylic acids is 2. The molecule has 0 aliphatic rings. The van der Waals surface area contributed by atoms with Crippen LogP contribution in [0.15, 0.2) is 30.5 Å². The number of thiazole rings is 1. The number of aromatic nitrogens is 4. The van der Waals surface area contributed by atoms with E-state index in [0.717, 1.165) is 11.3 Å². The minimum atomic E-state index is -0.623. The second-order valence-electron chi connectivity index (χ2n) is 5.70. The zero-order valence-electron chi connectivity index (χ0n) is 15.4. The number of nitrogens with zero attached hydrogens (tertiary/aromatic N) is 5. The van der Waals surface area contributed by atoms with E-state index in [4.69, 9.17) is 15.8 Å². The van der Waals surface area contributed by atoms with Crippen molar-refractivity contribution < 1.29 is 14.3 Å². The second-order valence-corrected chi connectivity index (χ2v) is 6.71. The highest BCUT2D eigenvalue weighted by atomic mass is 32.1. The lowest BCUT2D eigenvalue weighted by Gasteiger charge is -2.14. The molecule has 11 nitrogen and oxygen atoms in total. The van der Waals surface area contributed by atoms with E-state index in [-0.39, 0.29) is 17.1 Å². The van der Waals surface area contributed by atoms with Crippen molar-refractivity contribution in [2.45, 2.75) is 13.0 Å². The topological polar surface area (TPSA) is 161 Å². The van der Waals surface area contributed by atoms with Gasteiger partial charge in [-0.3, -0.25) is 15.0 Å². The second kappa shape index (κ2) is 8.46.